The van der Waals surface area contributed by atoms with E-state index < -0.39 is 6.10 Å². The number of thiophene rings is 1. The molecule has 0 spiro atoms. The first-order valence-electron chi connectivity index (χ1n) is 3.81. The van der Waals surface area contributed by atoms with Crippen LogP contribution in [0.25, 0.3) is 11.4 Å². The second-order valence-electron chi connectivity index (χ2n) is 2.64. The van der Waals surface area contributed by atoms with Crippen molar-refractivity contribution in [1.29, 1.82) is 0 Å². The molecule has 2 aromatic rings. The average molecular weight is 196 g/mol. The van der Waals surface area contributed by atoms with E-state index in [0.717, 1.165) is 5.56 Å². The summed E-state index contributed by atoms with van der Waals surface area (Å²) in [6.07, 6.45) is -0.708. The Labute approximate surface area is 78.8 Å². The molecule has 1 unspecified atom stereocenters. The van der Waals surface area contributed by atoms with Crippen LogP contribution in [0.2, 0.25) is 0 Å². The van der Waals surface area contributed by atoms with E-state index in [4.69, 9.17) is 9.63 Å². The summed E-state index contributed by atoms with van der Waals surface area (Å²) < 4.78 is 4.84. The minimum absolute atomic E-state index is 0.251. The molecule has 2 rings (SSSR count). The third kappa shape index (κ3) is 1.61. The SMILES string of the molecule is CC(O)c1nc(-c2ccsc2)no1. The van der Waals surface area contributed by atoms with Crippen molar-refractivity contribution in [2.45, 2.75) is 13.0 Å². The third-order valence-corrected chi connectivity index (χ3v) is 2.26. The molecule has 0 aliphatic carbocycles. The maximum Gasteiger partial charge on any atom is 0.255 e. The van der Waals surface area contributed by atoms with Crippen molar-refractivity contribution in [3.05, 3.63) is 22.7 Å². The van der Waals surface area contributed by atoms with Crippen LogP contribution in [0, 0.1) is 0 Å². The van der Waals surface area contributed by atoms with Crippen molar-refractivity contribution in [3.8, 4) is 11.4 Å². The zero-order valence-corrected chi connectivity index (χ0v) is 7.78. The van der Waals surface area contributed by atoms with Gasteiger partial charge in [0.15, 0.2) is 0 Å². The fourth-order valence-corrected chi connectivity index (χ4v) is 1.55. The van der Waals surface area contributed by atoms with Crippen LogP contribution in [0.4, 0.5) is 0 Å². The predicted molar refractivity (Wildman–Crippen MR) is 48.2 cm³/mol. The molecule has 1 N–H and O–H groups in total. The molecule has 0 fully saturated rings. The first-order chi connectivity index (χ1) is 6.27. The standard InChI is InChI=1S/C8H8N2O2S/c1-5(11)8-9-7(10-12-8)6-2-3-13-4-6/h2-5,11H,1H3. The number of nitrogens with zero attached hydrogens (tertiary/aromatic N) is 2. The molecule has 0 aromatic carbocycles. The van der Waals surface area contributed by atoms with Gasteiger partial charge < -0.3 is 9.63 Å². The zero-order chi connectivity index (χ0) is 9.26. The Morgan fingerprint density at radius 2 is 2.46 bits per heavy atom. The van der Waals surface area contributed by atoms with Crippen LogP contribution in [0.1, 0.15) is 18.9 Å². The monoisotopic (exact) mass is 196 g/mol. The number of rotatable bonds is 2. The summed E-state index contributed by atoms with van der Waals surface area (Å²) in [7, 11) is 0. The molecule has 13 heavy (non-hydrogen) atoms. The number of aromatic nitrogens is 2. The predicted octanol–water partition coefficient (Wildman–Crippen LogP) is 1.85. The van der Waals surface area contributed by atoms with Crippen molar-refractivity contribution in [1.82, 2.24) is 10.1 Å². The Morgan fingerprint density at radius 1 is 1.62 bits per heavy atom. The van der Waals surface area contributed by atoms with Gasteiger partial charge in [-0.15, -0.1) is 0 Å². The first kappa shape index (κ1) is 8.40. The van der Waals surface area contributed by atoms with Crippen LogP contribution in [0.5, 0.6) is 0 Å². The Bertz CT molecular complexity index is 381. The molecule has 4 nitrogen and oxygen atoms in total. The zero-order valence-electron chi connectivity index (χ0n) is 6.97. The normalized spacial score (nSPS) is 13.1. The topological polar surface area (TPSA) is 59.2 Å². The van der Waals surface area contributed by atoms with Crippen LogP contribution < -0.4 is 0 Å². The molecular weight excluding hydrogens is 188 g/mol. The van der Waals surface area contributed by atoms with Gasteiger partial charge in [0.25, 0.3) is 5.89 Å². The van der Waals surface area contributed by atoms with Gasteiger partial charge in [-0.25, -0.2) is 0 Å². The summed E-state index contributed by atoms with van der Waals surface area (Å²) in [5, 5.41) is 16.7. The maximum absolute atomic E-state index is 9.14. The van der Waals surface area contributed by atoms with Gasteiger partial charge >= 0.3 is 0 Å². The van der Waals surface area contributed by atoms with Gasteiger partial charge in [-0.3, -0.25) is 0 Å². The molecule has 0 bridgehead atoms. The van der Waals surface area contributed by atoms with Crippen molar-refractivity contribution < 1.29 is 9.63 Å². The van der Waals surface area contributed by atoms with E-state index in [1.165, 1.54) is 0 Å². The van der Waals surface area contributed by atoms with Gasteiger partial charge in [0.2, 0.25) is 5.82 Å². The highest BCUT2D eigenvalue weighted by Gasteiger charge is 2.12. The van der Waals surface area contributed by atoms with Crippen LogP contribution in [-0.2, 0) is 0 Å². The Morgan fingerprint density at radius 3 is 3.00 bits per heavy atom. The van der Waals surface area contributed by atoms with Gasteiger partial charge in [-0.1, -0.05) is 5.16 Å². The lowest BCUT2D eigenvalue weighted by molar-refractivity contribution is 0.152. The van der Waals surface area contributed by atoms with Crippen LogP contribution in [0.15, 0.2) is 21.3 Å². The molecule has 0 saturated heterocycles. The van der Waals surface area contributed by atoms with Crippen molar-refractivity contribution >= 4 is 11.3 Å². The molecule has 68 valence electrons. The number of aliphatic hydroxyl groups excluding tert-OH is 1. The molecule has 0 aliphatic heterocycles. The molecule has 5 heteroatoms. The van der Waals surface area contributed by atoms with Crippen LogP contribution in [0.3, 0.4) is 0 Å². The molecule has 1 atom stereocenters. The third-order valence-electron chi connectivity index (χ3n) is 1.58. The van der Waals surface area contributed by atoms with Crippen LogP contribution >= 0.6 is 11.3 Å². The minimum atomic E-state index is -0.708. The summed E-state index contributed by atoms with van der Waals surface area (Å²) in [5.41, 5.74) is 0.917. The molecular formula is C8H8N2O2S. The lowest BCUT2D eigenvalue weighted by Gasteiger charge is -1.91. The van der Waals surface area contributed by atoms with Crippen LogP contribution in [-0.4, -0.2) is 15.2 Å². The Hall–Kier alpha value is -1.20. The van der Waals surface area contributed by atoms with E-state index in [0.29, 0.717) is 5.82 Å². The van der Waals surface area contributed by atoms with E-state index in [1.807, 2.05) is 16.8 Å². The van der Waals surface area contributed by atoms with Gasteiger partial charge in [0, 0.05) is 10.9 Å². The lowest BCUT2D eigenvalue weighted by Crippen LogP contribution is -1.89. The van der Waals surface area contributed by atoms with Gasteiger partial charge in [-0.2, -0.15) is 16.3 Å². The molecule has 0 radical (unpaired) electrons. The highest BCUT2D eigenvalue weighted by Crippen LogP contribution is 2.20. The number of aliphatic hydroxyl groups is 1. The Balaban J connectivity index is 2.33. The van der Waals surface area contributed by atoms with E-state index in [9.17, 15) is 0 Å². The van der Waals surface area contributed by atoms with Gasteiger partial charge in [0.1, 0.15) is 6.10 Å². The largest absolute Gasteiger partial charge is 0.384 e. The molecule has 2 heterocycles. The van der Waals surface area contributed by atoms with Crippen molar-refractivity contribution in [3.63, 3.8) is 0 Å². The fourth-order valence-electron chi connectivity index (χ4n) is 0.914. The smallest absolute Gasteiger partial charge is 0.255 e. The minimum Gasteiger partial charge on any atom is -0.384 e. The molecule has 2 aromatic heterocycles. The van der Waals surface area contributed by atoms with Crippen molar-refractivity contribution in [2.24, 2.45) is 0 Å². The number of hydrogen-bond acceptors (Lipinski definition) is 5. The highest BCUT2D eigenvalue weighted by atomic mass is 32.1. The molecule has 0 aliphatic rings. The molecule has 0 saturated carbocycles. The average Bonchev–Trinajstić information content (AvgIpc) is 2.75. The van der Waals surface area contributed by atoms with Gasteiger partial charge in [0.05, 0.1) is 0 Å². The highest BCUT2D eigenvalue weighted by molar-refractivity contribution is 7.08. The summed E-state index contributed by atoms with van der Waals surface area (Å²) in [4.78, 5) is 4.03. The Kier molecular flexibility index (Phi) is 2.12. The van der Waals surface area contributed by atoms with E-state index in [-0.39, 0.29) is 5.89 Å². The quantitative estimate of drug-likeness (QED) is 0.796. The summed E-state index contributed by atoms with van der Waals surface area (Å²) in [5.74, 6) is 0.776. The second kappa shape index (κ2) is 3.27. The lowest BCUT2D eigenvalue weighted by atomic mass is 10.3. The molecule has 0 amide bonds. The number of hydrogen-bond donors (Lipinski definition) is 1. The van der Waals surface area contributed by atoms with E-state index >= 15 is 0 Å². The fraction of sp³-hybridized carbons (Fsp3) is 0.250. The van der Waals surface area contributed by atoms with E-state index in [1.54, 1.807) is 18.3 Å². The van der Waals surface area contributed by atoms with Gasteiger partial charge in [-0.05, 0) is 18.4 Å². The summed E-state index contributed by atoms with van der Waals surface area (Å²) in [6.45, 7) is 1.59. The summed E-state index contributed by atoms with van der Waals surface area (Å²) >= 11 is 1.57. The van der Waals surface area contributed by atoms with E-state index in [2.05, 4.69) is 10.1 Å². The van der Waals surface area contributed by atoms with Crippen molar-refractivity contribution in [2.75, 3.05) is 0 Å². The first-order valence-corrected chi connectivity index (χ1v) is 4.76. The summed E-state index contributed by atoms with van der Waals surface area (Å²) in [6, 6.07) is 1.90. The maximum atomic E-state index is 9.14. The second-order valence-corrected chi connectivity index (χ2v) is 3.42.